The molecule has 0 unspecified atom stereocenters. The molecule has 1 amide bonds. The highest BCUT2D eigenvalue weighted by atomic mass is 35.5. The minimum absolute atomic E-state index is 0.0536. The van der Waals surface area contributed by atoms with Crippen LogP contribution < -0.4 is 10.1 Å². The van der Waals surface area contributed by atoms with Crippen LogP contribution in [-0.4, -0.2) is 28.6 Å². The summed E-state index contributed by atoms with van der Waals surface area (Å²) >= 11 is 12.1. The Kier molecular flexibility index (Phi) is 7.87. The smallest absolute Gasteiger partial charge is 0.224 e. The summed E-state index contributed by atoms with van der Waals surface area (Å²) in [6.45, 7) is 1.87. The monoisotopic (exact) mass is 481 g/mol. The number of aromatic nitrogens is 2. The molecule has 0 atom stereocenters. The number of carbonyl (C=O) groups is 1. The number of aryl methyl sites for hydroxylation is 1. The van der Waals surface area contributed by atoms with Gasteiger partial charge in [0.15, 0.2) is 0 Å². The van der Waals surface area contributed by atoms with E-state index in [1.807, 2.05) is 60.7 Å². The predicted molar refractivity (Wildman–Crippen MR) is 133 cm³/mol. The fourth-order valence-electron chi connectivity index (χ4n) is 3.70. The van der Waals surface area contributed by atoms with Crippen molar-refractivity contribution in [2.24, 2.45) is 0 Å². The van der Waals surface area contributed by atoms with E-state index < -0.39 is 0 Å². The molecule has 7 heteroatoms. The average Bonchev–Trinajstić information content (AvgIpc) is 3.17. The molecule has 3 aromatic carbocycles. The Hall–Kier alpha value is -3.02. The lowest BCUT2D eigenvalue weighted by Gasteiger charge is -2.11. The average molecular weight is 482 g/mol. The number of para-hydroxylation sites is 2. The standard InChI is InChI=1S/C26H25Cl2N3O2/c27-20-10-12-21(13-11-20)33-17-5-16-31-24-9-4-3-8-23(24)30-25(31)14-15-29-26(32)18-19-6-1-2-7-22(19)28/h1-4,6-13H,5,14-18H2,(H,29,32). The minimum atomic E-state index is -0.0536. The summed E-state index contributed by atoms with van der Waals surface area (Å²) in [6.07, 6.45) is 1.73. The molecule has 0 spiro atoms. The van der Waals surface area contributed by atoms with Crippen LogP contribution in [0.3, 0.4) is 0 Å². The largest absolute Gasteiger partial charge is 0.494 e. The van der Waals surface area contributed by atoms with Crippen molar-refractivity contribution in [2.45, 2.75) is 25.8 Å². The third-order valence-electron chi connectivity index (χ3n) is 5.32. The summed E-state index contributed by atoms with van der Waals surface area (Å²) in [7, 11) is 0. The first kappa shape index (κ1) is 23.1. The molecular weight excluding hydrogens is 457 g/mol. The van der Waals surface area contributed by atoms with E-state index in [0.29, 0.717) is 29.6 Å². The molecule has 0 saturated heterocycles. The van der Waals surface area contributed by atoms with Crippen LogP contribution in [0.2, 0.25) is 10.0 Å². The molecular formula is C26H25Cl2N3O2. The van der Waals surface area contributed by atoms with Crippen LogP contribution in [0, 0.1) is 0 Å². The van der Waals surface area contributed by atoms with Crippen LogP contribution in [0.1, 0.15) is 17.8 Å². The lowest BCUT2D eigenvalue weighted by Crippen LogP contribution is -2.28. The van der Waals surface area contributed by atoms with E-state index in [9.17, 15) is 4.79 Å². The zero-order valence-electron chi connectivity index (χ0n) is 18.1. The van der Waals surface area contributed by atoms with Gasteiger partial charge in [-0.2, -0.15) is 0 Å². The van der Waals surface area contributed by atoms with Gasteiger partial charge in [-0.3, -0.25) is 4.79 Å². The van der Waals surface area contributed by atoms with Gasteiger partial charge in [0.25, 0.3) is 0 Å². The van der Waals surface area contributed by atoms with Crippen LogP contribution in [0.25, 0.3) is 11.0 Å². The predicted octanol–water partition coefficient (Wildman–Crippen LogP) is 5.71. The van der Waals surface area contributed by atoms with Crippen molar-refractivity contribution in [3.05, 3.63) is 94.2 Å². The van der Waals surface area contributed by atoms with Crippen molar-refractivity contribution in [1.82, 2.24) is 14.9 Å². The fourth-order valence-corrected chi connectivity index (χ4v) is 4.03. The maximum absolute atomic E-state index is 12.4. The van der Waals surface area contributed by atoms with Gasteiger partial charge in [0.05, 0.1) is 24.1 Å². The summed E-state index contributed by atoms with van der Waals surface area (Å²) < 4.78 is 8.04. The Labute approximate surface area is 203 Å². The number of hydrogen-bond donors (Lipinski definition) is 1. The fraction of sp³-hybridized carbons (Fsp3) is 0.231. The molecule has 1 heterocycles. The van der Waals surface area contributed by atoms with E-state index in [-0.39, 0.29) is 12.3 Å². The van der Waals surface area contributed by atoms with Gasteiger partial charge in [-0.05, 0) is 54.4 Å². The molecule has 1 aromatic heterocycles. The molecule has 0 bridgehead atoms. The highest BCUT2D eigenvalue weighted by molar-refractivity contribution is 6.31. The van der Waals surface area contributed by atoms with Gasteiger partial charge in [0.1, 0.15) is 11.6 Å². The number of ether oxygens (including phenoxy) is 1. The van der Waals surface area contributed by atoms with Gasteiger partial charge in [0, 0.05) is 29.6 Å². The van der Waals surface area contributed by atoms with Gasteiger partial charge < -0.3 is 14.6 Å². The van der Waals surface area contributed by atoms with E-state index in [1.54, 1.807) is 6.07 Å². The van der Waals surface area contributed by atoms with E-state index in [0.717, 1.165) is 41.1 Å². The minimum Gasteiger partial charge on any atom is -0.494 e. The second-order valence-electron chi connectivity index (χ2n) is 7.69. The second kappa shape index (κ2) is 11.2. The van der Waals surface area contributed by atoms with Crippen LogP contribution >= 0.6 is 23.2 Å². The van der Waals surface area contributed by atoms with E-state index in [4.69, 9.17) is 32.9 Å². The molecule has 0 aliphatic carbocycles. The summed E-state index contributed by atoms with van der Waals surface area (Å²) in [5, 5.41) is 4.28. The third-order valence-corrected chi connectivity index (χ3v) is 5.94. The van der Waals surface area contributed by atoms with Crippen molar-refractivity contribution in [3.8, 4) is 5.75 Å². The Morgan fingerprint density at radius 3 is 2.55 bits per heavy atom. The zero-order chi connectivity index (χ0) is 23.0. The zero-order valence-corrected chi connectivity index (χ0v) is 19.6. The SMILES string of the molecule is O=C(Cc1ccccc1Cl)NCCc1nc2ccccc2n1CCCOc1ccc(Cl)cc1. The molecule has 4 aromatic rings. The number of halogens is 2. The third kappa shape index (κ3) is 6.28. The molecule has 0 aliphatic rings. The first-order chi connectivity index (χ1) is 16.1. The molecule has 33 heavy (non-hydrogen) atoms. The van der Waals surface area contributed by atoms with Crippen LogP contribution in [0.15, 0.2) is 72.8 Å². The van der Waals surface area contributed by atoms with Crippen molar-refractivity contribution >= 4 is 40.1 Å². The molecule has 5 nitrogen and oxygen atoms in total. The van der Waals surface area contributed by atoms with E-state index in [1.165, 1.54) is 0 Å². The maximum Gasteiger partial charge on any atom is 0.224 e. The number of nitrogens with one attached hydrogen (secondary N) is 1. The number of carbonyl (C=O) groups excluding carboxylic acids is 1. The number of rotatable bonds is 10. The molecule has 1 N–H and O–H groups in total. The molecule has 0 aliphatic heterocycles. The Morgan fingerprint density at radius 2 is 1.73 bits per heavy atom. The van der Waals surface area contributed by atoms with Crippen molar-refractivity contribution in [1.29, 1.82) is 0 Å². The Morgan fingerprint density at radius 1 is 0.970 bits per heavy atom. The van der Waals surface area contributed by atoms with Gasteiger partial charge in [0.2, 0.25) is 5.91 Å². The lowest BCUT2D eigenvalue weighted by atomic mass is 10.1. The Bertz CT molecular complexity index is 1220. The molecule has 0 fully saturated rings. The second-order valence-corrected chi connectivity index (χ2v) is 8.54. The first-order valence-corrected chi connectivity index (χ1v) is 11.7. The van der Waals surface area contributed by atoms with Gasteiger partial charge >= 0.3 is 0 Å². The number of amides is 1. The highest BCUT2D eigenvalue weighted by Gasteiger charge is 2.12. The topological polar surface area (TPSA) is 56.2 Å². The normalized spacial score (nSPS) is 11.0. The summed E-state index contributed by atoms with van der Waals surface area (Å²) in [5.74, 6) is 1.69. The quantitative estimate of drug-likeness (QED) is 0.295. The number of nitrogens with zero attached hydrogens (tertiary/aromatic N) is 2. The lowest BCUT2D eigenvalue weighted by molar-refractivity contribution is -0.120. The molecule has 4 rings (SSSR count). The van der Waals surface area contributed by atoms with Crippen molar-refractivity contribution < 1.29 is 9.53 Å². The van der Waals surface area contributed by atoms with Gasteiger partial charge in [-0.1, -0.05) is 53.5 Å². The van der Waals surface area contributed by atoms with Crippen LogP contribution in [0.5, 0.6) is 5.75 Å². The van der Waals surface area contributed by atoms with Gasteiger partial charge in [-0.15, -0.1) is 0 Å². The summed E-state index contributed by atoms with van der Waals surface area (Å²) in [4.78, 5) is 17.1. The maximum atomic E-state index is 12.4. The van der Waals surface area contributed by atoms with Gasteiger partial charge in [-0.25, -0.2) is 4.98 Å². The molecule has 170 valence electrons. The molecule has 0 radical (unpaired) electrons. The van der Waals surface area contributed by atoms with Crippen molar-refractivity contribution in [3.63, 3.8) is 0 Å². The van der Waals surface area contributed by atoms with Crippen molar-refractivity contribution in [2.75, 3.05) is 13.2 Å². The number of imidazole rings is 1. The van der Waals surface area contributed by atoms with E-state index >= 15 is 0 Å². The Balaban J connectivity index is 1.34. The number of benzene rings is 3. The summed E-state index contributed by atoms with van der Waals surface area (Å²) in [5.41, 5.74) is 2.86. The summed E-state index contributed by atoms with van der Waals surface area (Å²) in [6, 6.07) is 22.8. The number of hydrogen-bond acceptors (Lipinski definition) is 3. The number of fused-ring (bicyclic) bond motifs is 1. The molecule has 0 saturated carbocycles. The van der Waals surface area contributed by atoms with E-state index in [2.05, 4.69) is 16.0 Å². The highest BCUT2D eigenvalue weighted by Crippen LogP contribution is 2.19. The van der Waals surface area contributed by atoms with Crippen LogP contribution in [-0.2, 0) is 24.2 Å². The first-order valence-electron chi connectivity index (χ1n) is 10.9. The van der Waals surface area contributed by atoms with Crippen LogP contribution in [0.4, 0.5) is 0 Å².